The zero-order valence-electron chi connectivity index (χ0n) is 12.9. The monoisotopic (exact) mass is 361 g/mol. The van der Waals surface area contributed by atoms with Gasteiger partial charge in [0, 0.05) is 29.5 Å². The Hall–Kier alpha value is -2.05. The molecule has 1 aliphatic rings. The second-order valence-corrected chi connectivity index (χ2v) is 7.21. The van der Waals surface area contributed by atoms with Gasteiger partial charge in [-0.15, -0.1) is 0 Å². The van der Waals surface area contributed by atoms with Gasteiger partial charge in [0.05, 0.1) is 16.6 Å². The Morgan fingerprint density at radius 2 is 2.04 bits per heavy atom. The molecule has 1 aromatic carbocycles. The van der Waals surface area contributed by atoms with E-state index in [0.29, 0.717) is 18.1 Å². The topological polar surface area (TPSA) is 58.1 Å². The van der Waals surface area contributed by atoms with Gasteiger partial charge < -0.3 is 9.88 Å². The lowest BCUT2D eigenvalue weighted by Gasteiger charge is -2.32. The SMILES string of the molecule is O=C(c1ccsc1)N1CCC(n2c(=O)[nH]c3cc(Cl)ccc32)CC1. The van der Waals surface area contributed by atoms with Crippen LogP contribution in [0.2, 0.25) is 5.02 Å². The number of nitrogens with one attached hydrogen (secondary N) is 1. The largest absolute Gasteiger partial charge is 0.338 e. The molecule has 1 saturated heterocycles. The molecule has 1 amide bonds. The molecule has 1 N–H and O–H groups in total. The van der Waals surface area contributed by atoms with Crippen LogP contribution in [0.5, 0.6) is 0 Å². The number of amides is 1. The maximum Gasteiger partial charge on any atom is 0.326 e. The Morgan fingerprint density at radius 3 is 2.75 bits per heavy atom. The summed E-state index contributed by atoms with van der Waals surface area (Å²) in [5.74, 6) is 0.0766. The number of hydrogen-bond donors (Lipinski definition) is 1. The highest BCUT2D eigenvalue weighted by molar-refractivity contribution is 7.08. The van der Waals surface area contributed by atoms with Crippen molar-refractivity contribution in [3.63, 3.8) is 0 Å². The normalized spacial score (nSPS) is 16.0. The second-order valence-electron chi connectivity index (χ2n) is 6.00. The molecule has 0 unspecified atom stereocenters. The summed E-state index contributed by atoms with van der Waals surface area (Å²) in [6, 6.07) is 7.39. The van der Waals surface area contributed by atoms with E-state index in [0.717, 1.165) is 29.4 Å². The third kappa shape index (κ3) is 2.65. The Balaban J connectivity index is 1.55. The number of hydrogen-bond acceptors (Lipinski definition) is 3. The number of thiophene rings is 1. The zero-order valence-corrected chi connectivity index (χ0v) is 14.4. The molecule has 5 nitrogen and oxygen atoms in total. The van der Waals surface area contributed by atoms with Crippen molar-refractivity contribution in [2.45, 2.75) is 18.9 Å². The van der Waals surface area contributed by atoms with Gasteiger partial charge in [0.2, 0.25) is 0 Å². The van der Waals surface area contributed by atoms with Gasteiger partial charge in [-0.25, -0.2) is 4.79 Å². The van der Waals surface area contributed by atoms with Crippen LogP contribution in [0.15, 0.2) is 39.8 Å². The first kappa shape index (κ1) is 15.5. The van der Waals surface area contributed by atoms with Crippen molar-refractivity contribution in [3.8, 4) is 0 Å². The molecule has 124 valence electrons. The highest BCUT2D eigenvalue weighted by Gasteiger charge is 2.26. The van der Waals surface area contributed by atoms with Crippen LogP contribution < -0.4 is 5.69 Å². The molecule has 0 atom stereocenters. The van der Waals surface area contributed by atoms with Crippen molar-refractivity contribution in [1.29, 1.82) is 0 Å². The predicted octanol–water partition coefficient (Wildman–Crippen LogP) is 3.52. The summed E-state index contributed by atoms with van der Waals surface area (Å²) in [7, 11) is 0. The number of carbonyl (C=O) groups excluding carboxylic acids is 1. The number of piperidine rings is 1. The standard InChI is InChI=1S/C17H16ClN3O2S/c18-12-1-2-15-14(9-12)19-17(23)21(15)13-3-6-20(7-4-13)16(22)11-5-8-24-10-11/h1-2,5,8-10,13H,3-4,6-7H2,(H,19,23). The number of aromatic amines is 1. The van der Waals surface area contributed by atoms with E-state index >= 15 is 0 Å². The molecule has 7 heteroatoms. The van der Waals surface area contributed by atoms with Crippen LogP contribution in [-0.2, 0) is 0 Å². The van der Waals surface area contributed by atoms with E-state index in [9.17, 15) is 9.59 Å². The molecule has 0 saturated carbocycles. The maximum atomic E-state index is 12.4. The number of likely N-dealkylation sites (tertiary alicyclic amines) is 1. The summed E-state index contributed by atoms with van der Waals surface area (Å²) in [5.41, 5.74) is 2.25. The van der Waals surface area contributed by atoms with Crippen molar-refractivity contribution in [2.75, 3.05) is 13.1 Å². The average Bonchev–Trinajstić information content (AvgIpc) is 3.21. The van der Waals surface area contributed by atoms with E-state index in [-0.39, 0.29) is 17.6 Å². The minimum Gasteiger partial charge on any atom is -0.338 e. The minimum absolute atomic E-state index is 0.0766. The van der Waals surface area contributed by atoms with Crippen LogP contribution >= 0.6 is 22.9 Å². The number of H-pyrrole nitrogens is 1. The third-order valence-electron chi connectivity index (χ3n) is 4.56. The summed E-state index contributed by atoms with van der Waals surface area (Å²) < 4.78 is 1.80. The van der Waals surface area contributed by atoms with Crippen molar-refractivity contribution < 1.29 is 4.79 Å². The lowest BCUT2D eigenvalue weighted by molar-refractivity contribution is 0.0695. The van der Waals surface area contributed by atoms with Gasteiger partial charge in [-0.1, -0.05) is 11.6 Å². The third-order valence-corrected chi connectivity index (χ3v) is 5.48. The Labute approximate surface area is 147 Å². The fourth-order valence-corrected chi connectivity index (χ4v) is 4.16. The van der Waals surface area contributed by atoms with Gasteiger partial charge in [-0.2, -0.15) is 11.3 Å². The lowest BCUT2D eigenvalue weighted by atomic mass is 10.0. The first-order valence-corrected chi connectivity index (χ1v) is 9.17. The van der Waals surface area contributed by atoms with Crippen LogP contribution in [0.25, 0.3) is 11.0 Å². The van der Waals surface area contributed by atoms with E-state index in [1.807, 2.05) is 27.8 Å². The first-order chi connectivity index (χ1) is 11.6. The number of rotatable bonds is 2. The fourth-order valence-electron chi connectivity index (χ4n) is 3.36. The Kier molecular flexibility index (Phi) is 3.94. The highest BCUT2D eigenvalue weighted by Crippen LogP contribution is 2.27. The zero-order chi connectivity index (χ0) is 16.7. The summed E-state index contributed by atoms with van der Waals surface area (Å²) >= 11 is 7.52. The van der Waals surface area contributed by atoms with Gasteiger partial charge in [0.1, 0.15) is 0 Å². The highest BCUT2D eigenvalue weighted by atomic mass is 35.5. The van der Waals surface area contributed by atoms with Gasteiger partial charge in [-0.3, -0.25) is 9.36 Å². The van der Waals surface area contributed by atoms with Gasteiger partial charge in [-0.05, 0) is 42.5 Å². The molecule has 2 aromatic heterocycles. The van der Waals surface area contributed by atoms with Crippen molar-refractivity contribution in [1.82, 2.24) is 14.5 Å². The van der Waals surface area contributed by atoms with Crippen LogP contribution in [0.4, 0.5) is 0 Å². The number of fused-ring (bicyclic) bond motifs is 1. The molecule has 0 spiro atoms. The smallest absolute Gasteiger partial charge is 0.326 e. The first-order valence-electron chi connectivity index (χ1n) is 7.85. The van der Waals surface area contributed by atoms with Crippen LogP contribution in [0.3, 0.4) is 0 Å². The van der Waals surface area contributed by atoms with Crippen molar-refractivity contribution in [2.24, 2.45) is 0 Å². The molecule has 0 aliphatic carbocycles. The molecule has 1 aliphatic heterocycles. The molecule has 0 radical (unpaired) electrons. The summed E-state index contributed by atoms with van der Waals surface area (Å²) in [5, 5.41) is 4.39. The van der Waals surface area contributed by atoms with Crippen LogP contribution in [-0.4, -0.2) is 33.4 Å². The summed E-state index contributed by atoms with van der Waals surface area (Å²) in [6.45, 7) is 1.32. The summed E-state index contributed by atoms with van der Waals surface area (Å²) in [6.07, 6.45) is 1.54. The molecule has 1 fully saturated rings. The lowest BCUT2D eigenvalue weighted by Crippen LogP contribution is -2.40. The van der Waals surface area contributed by atoms with E-state index in [1.54, 1.807) is 16.7 Å². The van der Waals surface area contributed by atoms with Gasteiger partial charge in [0.25, 0.3) is 5.91 Å². The number of carbonyl (C=O) groups is 1. The van der Waals surface area contributed by atoms with E-state index in [2.05, 4.69) is 4.98 Å². The second kappa shape index (κ2) is 6.11. The Bertz CT molecular complexity index is 937. The molecular weight excluding hydrogens is 346 g/mol. The molecule has 0 bridgehead atoms. The van der Waals surface area contributed by atoms with E-state index < -0.39 is 0 Å². The quantitative estimate of drug-likeness (QED) is 0.759. The fraction of sp³-hybridized carbons (Fsp3) is 0.294. The van der Waals surface area contributed by atoms with Crippen molar-refractivity contribution in [3.05, 3.63) is 56.1 Å². The van der Waals surface area contributed by atoms with Gasteiger partial charge in [0.15, 0.2) is 0 Å². The van der Waals surface area contributed by atoms with Crippen LogP contribution in [0.1, 0.15) is 29.2 Å². The Morgan fingerprint density at radius 1 is 1.25 bits per heavy atom. The maximum absolute atomic E-state index is 12.4. The number of benzene rings is 1. The number of aromatic nitrogens is 2. The number of imidazole rings is 1. The summed E-state index contributed by atoms with van der Waals surface area (Å²) in [4.78, 5) is 29.5. The van der Waals surface area contributed by atoms with E-state index in [1.165, 1.54) is 11.3 Å². The van der Waals surface area contributed by atoms with E-state index in [4.69, 9.17) is 11.6 Å². The van der Waals surface area contributed by atoms with Crippen molar-refractivity contribution >= 4 is 39.9 Å². The number of nitrogens with zero attached hydrogens (tertiary/aromatic N) is 2. The molecule has 24 heavy (non-hydrogen) atoms. The predicted molar refractivity (Wildman–Crippen MR) is 96.1 cm³/mol. The number of halogens is 1. The molecular formula is C17H16ClN3O2S. The van der Waals surface area contributed by atoms with Crippen LogP contribution in [0, 0.1) is 0 Å². The minimum atomic E-state index is -0.116. The molecule has 4 rings (SSSR count). The van der Waals surface area contributed by atoms with Gasteiger partial charge >= 0.3 is 5.69 Å². The molecule has 3 aromatic rings. The molecule has 3 heterocycles. The average molecular weight is 362 g/mol.